The van der Waals surface area contributed by atoms with E-state index in [4.69, 9.17) is 4.74 Å². The van der Waals surface area contributed by atoms with E-state index in [2.05, 4.69) is 28.2 Å². The summed E-state index contributed by atoms with van der Waals surface area (Å²) in [6, 6.07) is 6.01. The SMILES string of the molecule is CCOC(=O)c1c(C)[nH]c(C(=O)Nc2ccc3c(c2)N(CC)CC3)c1C. The van der Waals surface area contributed by atoms with Crippen LogP contribution in [-0.4, -0.2) is 36.6 Å². The van der Waals surface area contributed by atoms with Crippen LogP contribution in [-0.2, 0) is 11.2 Å². The molecule has 1 aromatic carbocycles. The molecule has 0 fully saturated rings. The van der Waals surface area contributed by atoms with Crippen LogP contribution in [0, 0.1) is 13.8 Å². The van der Waals surface area contributed by atoms with Crippen molar-refractivity contribution in [3.05, 3.63) is 46.3 Å². The van der Waals surface area contributed by atoms with Crippen molar-refractivity contribution in [1.82, 2.24) is 4.98 Å². The van der Waals surface area contributed by atoms with Gasteiger partial charge < -0.3 is 19.9 Å². The number of nitrogens with zero attached hydrogens (tertiary/aromatic N) is 1. The molecule has 6 heteroatoms. The topological polar surface area (TPSA) is 74.4 Å². The Bertz CT molecular complexity index is 854. The van der Waals surface area contributed by atoms with Gasteiger partial charge in [-0.2, -0.15) is 0 Å². The van der Waals surface area contributed by atoms with Crippen molar-refractivity contribution in [2.24, 2.45) is 0 Å². The Balaban J connectivity index is 1.83. The lowest BCUT2D eigenvalue weighted by molar-refractivity contribution is 0.0525. The van der Waals surface area contributed by atoms with Crippen molar-refractivity contribution in [2.75, 3.05) is 29.9 Å². The molecule has 0 saturated heterocycles. The van der Waals surface area contributed by atoms with Gasteiger partial charge in [-0.05, 0) is 57.4 Å². The fourth-order valence-electron chi connectivity index (χ4n) is 3.53. The van der Waals surface area contributed by atoms with E-state index in [9.17, 15) is 9.59 Å². The summed E-state index contributed by atoms with van der Waals surface area (Å²) < 4.78 is 5.08. The number of hydrogen-bond donors (Lipinski definition) is 2. The zero-order chi connectivity index (χ0) is 18.8. The summed E-state index contributed by atoms with van der Waals surface area (Å²) in [5, 5.41) is 2.94. The number of aryl methyl sites for hydroxylation is 1. The van der Waals surface area contributed by atoms with E-state index in [0.29, 0.717) is 29.1 Å². The zero-order valence-corrected chi connectivity index (χ0v) is 15.7. The van der Waals surface area contributed by atoms with Crippen molar-refractivity contribution in [3.8, 4) is 0 Å². The van der Waals surface area contributed by atoms with Gasteiger partial charge in [0, 0.05) is 30.2 Å². The number of carbonyl (C=O) groups excluding carboxylic acids is 2. The smallest absolute Gasteiger partial charge is 0.340 e. The number of fused-ring (bicyclic) bond motifs is 1. The first kappa shape index (κ1) is 18.0. The molecule has 26 heavy (non-hydrogen) atoms. The molecule has 138 valence electrons. The monoisotopic (exact) mass is 355 g/mol. The maximum absolute atomic E-state index is 12.7. The van der Waals surface area contributed by atoms with Gasteiger partial charge in [0.15, 0.2) is 0 Å². The molecule has 0 unspecified atom stereocenters. The van der Waals surface area contributed by atoms with E-state index in [0.717, 1.165) is 25.2 Å². The summed E-state index contributed by atoms with van der Waals surface area (Å²) in [7, 11) is 0. The van der Waals surface area contributed by atoms with E-state index in [1.165, 1.54) is 11.3 Å². The molecule has 1 aromatic heterocycles. The standard InChI is InChI=1S/C20H25N3O3/c1-5-23-10-9-14-7-8-15(11-16(14)23)22-19(24)18-12(3)17(13(4)21-18)20(25)26-6-2/h7-8,11,21H,5-6,9-10H2,1-4H3,(H,22,24). The number of aromatic amines is 1. The molecule has 3 rings (SSSR count). The molecule has 1 amide bonds. The van der Waals surface area contributed by atoms with Crippen LogP contribution in [0.3, 0.4) is 0 Å². The van der Waals surface area contributed by atoms with Gasteiger partial charge in [-0.3, -0.25) is 4.79 Å². The fourth-order valence-corrected chi connectivity index (χ4v) is 3.53. The number of hydrogen-bond acceptors (Lipinski definition) is 4. The van der Waals surface area contributed by atoms with Crippen LogP contribution in [0.15, 0.2) is 18.2 Å². The molecule has 0 aliphatic carbocycles. The van der Waals surface area contributed by atoms with E-state index < -0.39 is 5.97 Å². The van der Waals surface area contributed by atoms with Crippen molar-refractivity contribution >= 4 is 23.3 Å². The number of rotatable bonds is 5. The molecule has 1 aliphatic rings. The van der Waals surface area contributed by atoms with Crippen molar-refractivity contribution in [2.45, 2.75) is 34.1 Å². The number of aromatic nitrogens is 1. The van der Waals surface area contributed by atoms with Crippen LogP contribution < -0.4 is 10.2 Å². The van der Waals surface area contributed by atoms with E-state index in [-0.39, 0.29) is 5.91 Å². The summed E-state index contributed by atoms with van der Waals surface area (Å²) in [4.78, 5) is 30.1. The molecule has 2 N–H and O–H groups in total. The molecular formula is C20H25N3O3. The van der Waals surface area contributed by atoms with Crippen LogP contribution >= 0.6 is 0 Å². The molecule has 0 bridgehead atoms. The average Bonchev–Trinajstić information content (AvgIpc) is 3.15. The number of esters is 1. The predicted octanol–water partition coefficient (Wildman–Crippen LogP) is 3.44. The Labute approximate surface area is 153 Å². The number of benzene rings is 1. The Morgan fingerprint density at radius 1 is 1.27 bits per heavy atom. The maximum atomic E-state index is 12.7. The van der Waals surface area contributed by atoms with E-state index in [1.807, 2.05) is 12.1 Å². The first-order valence-corrected chi connectivity index (χ1v) is 9.01. The zero-order valence-electron chi connectivity index (χ0n) is 15.7. The highest BCUT2D eigenvalue weighted by molar-refractivity contribution is 6.07. The van der Waals surface area contributed by atoms with Gasteiger partial charge in [-0.25, -0.2) is 4.79 Å². The maximum Gasteiger partial charge on any atom is 0.340 e. The lowest BCUT2D eigenvalue weighted by Gasteiger charge is -2.17. The Morgan fingerprint density at radius 3 is 2.73 bits per heavy atom. The summed E-state index contributed by atoms with van der Waals surface area (Å²) >= 11 is 0. The first-order chi connectivity index (χ1) is 12.5. The fraction of sp³-hybridized carbons (Fsp3) is 0.400. The molecular weight excluding hydrogens is 330 g/mol. The average molecular weight is 355 g/mol. The van der Waals surface area contributed by atoms with Gasteiger partial charge in [0.2, 0.25) is 0 Å². The molecule has 0 radical (unpaired) electrons. The van der Waals surface area contributed by atoms with Crippen LogP contribution in [0.5, 0.6) is 0 Å². The number of ether oxygens (including phenoxy) is 1. The Morgan fingerprint density at radius 2 is 2.04 bits per heavy atom. The van der Waals surface area contributed by atoms with Crippen LogP contribution in [0.4, 0.5) is 11.4 Å². The second-order valence-electron chi connectivity index (χ2n) is 6.47. The van der Waals surface area contributed by atoms with Crippen molar-refractivity contribution in [1.29, 1.82) is 0 Å². The minimum atomic E-state index is -0.408. The lowest BCUT2D eigenvalue weighted by atomic mass is 10.1. The molecule has 0 saturated carbocycles. The molecule has 6 nitrogen and oxygen atoms in total. The molecule has 0 spiro atoms. The summed E-state index contributed by atoms with van der Waals surface area (Å²) in [6.07, 6.45) is 1.04. The highest BCUT2D eigenvalue weighted by atomic mass is 16.5. The van der Waals surface area contributed by atoms with Gasteiger partial charge in [0.05, 0.1) is 12.2 Å². The summed E-state index contributed by atoms with van der Waals surface area (Å²) in [6.45, 7) is 9.67. The number of H-pyrrole nitrogens is 1. The summed E-state index contributed by atoms with van der Waals surface area (Å²) in [5.41, 5.74) is 5.30. The highest BCUT2D eigenvalue weighted by Gasteiger charge is 2.23. The second kappa shape index (κ2) is 7.23. The third-order valence-corrected chi connectivity index (χ3v) is 4.86. The molecule has 0 atom stereocenters. The van der Waals surface area contributed by atoms with Gasteiger partial charge in [0.25, 0.3) is 5.91 Å². The minimum absolute atomic E-state index is 0.262. The predicted molar refractivity (Wildman–Crippen MR) is 102 cm³/mol. The largest absolute Gasteiger partial charge is 0.462 e. The Hall–Kier alpha value is -2.76. The van der Waals surface area contributed by atoms with Crippen LogP contribution in [0.1, 0.15) is 51.5 Å². The van der Waals surface area contributed by atoms with Gasteiger partial charge in [-0.15, -0.1) is 0 Å². The van der Waals surface area contributed by atoms with Crippen LogP contribution in [0.25, 0.3) is 0 Å². The molecule has 1 aliphatic heterocycles. The van der Waals surface area contributed by atoms with Crippen molar-refractivity contribution in [3.63, 3.8) is 0 Å². The lowest BCUT2D eigenvalue weighted by Crippen LogP contribution is -2.19. The van der Waals surface area contributed by atoms with Gasteiger partial charge in [-0.1, -0.05) is 6.07 Å². The van der Waals surface area contributed by atoms with E-state index >= 15 is 0 Å². The number of anilines is 2. The van der Waals surface area contributed by atoms with Gasteiger partial charge in [0.1, 0.15) is 5.69 Å². The summed E-state index contributed by atoms with van der Waals surface area (Å²) in [5.74, 6) is -0.670. The normalized spacial score (nSPS) is 12.8. The second-order valence-corrected chi connectivity index (χ2v) is 6.47. The van der Waals surface area contributed by atoms with E-state index in [1.54, 1.807) is 20.8 Å². The van der Waals surface area contributed by atoms with Gasteiger partial charge >= 0.3 is 5.97 Å². The number of likely N-dealkylation sites (N-methyl/N-ethyl adjacent to an activating group) is 1. The first-order valence-electron chi connectivity index (χ1n) is 9.01. The highest BCUT2D eigenvalue weighted by Crippen LogP contribution is 2.31. The number of nitrogens with one attached hydrogen (secondary N) is 2. The molecule has 2 aromatic rings. The Kier molecular flexibility index (Phi) is 5.02. The quantitative estimate of drug-likeness (QED) is 0.806. The van der Waals surface area contributed by atoms with Crippen molar-refractivity contribution < 1.29 is 14.3 Å². The minimum Gasteiger partial charge on any atom is -0.462 e. The molecule has 2 heterocycles. The number of amides is 1. The third kappa shape index (κ3) is 3.19. The van der Waals surface area contributed by atoms with Crippen LogP contribution in [0.2, 0.25) is 0 Å². The number of carbonyl (C=O) groups is 2. The third-order valence-electron chi connectivity index (χ3n) is 4.86.